The second-order valence-electron chi connectivity index (χ2n) is 9.99. The number of hydrogen-bond acceptors (Lipinski definition) is 5. The number of halogens is 1. The number of fused-ring (bicyclic) bond motifs is 3. The molecule has 1 fully saturated rings. The number of rotatable bonds is 1. The number of imidazole rings is 1. The Kier molecular flexibility index (Phi) is 4.44. The SMILES string of the molecule is CC(C)(C)c1nc(-c2ncn3c2C(C)(C)N(C(=O)N2CCCC2)c2cc(F)ccc2-3)no1. The van der Waals surface area contributed by atoms with E-state index in [4.69, 9.17) is 4.52 Å². The number of amides is 2. The Morgan fingerprint density at radius 1 is 1.16 bits per heavy atom. The smallest absolute Gasteiger partial charge is 0.325 e. The Morgan fingerprint density at radius 2 is 1.88 bits per heavy atom. The van der Waals surface area contributed by atoms with Crippen LogP contribution in [0.25, 0.3) is 17.2 Å². The van der Waals surface area contributed by atoms with Crippen LogP contribution in [0.1, 0.15) is 59.0 Å². The average Bonchev–Trinajstić information content (AvgIpc) is 3.45. The lowest BCUT2D eigenvalue weighted by atomic mass is 9.91. The zero-order chi connectivity index (χ0) is 22.8. The number of nitrogens with zero attached hydrogens (tertiary/aromatic N) is 6. The molecule has 0 radical (unpaired) electrons. The highest BCUT2D eigenvalue weighted by Gasteiger charge is 2.46. The molecule has 1 aromatic carbocycles. The van der Waals surface area contributed by atoms with Crippen LogP contribution >= 0.6 is 0 Å². The van der Waals surface area contributed by atoms with Crippen molar-refractivity contribution in [2.24, 2.45) is 0 Å². The summed E-state index contributed by atoms with van der Waals surface area (Å²) in [6, 6.07) is 4.35. The van der Waals surface area contributed by atoms with Gasteiger partial charge in [0.25, 0.3) is 0 Å². The Morgan fingerprint density at radius 3 is 2.53 bits per heavy atom. The van der Waals surface area contributed by atoms with Gasteiger partial charge in [0.05, 0.1) is 22.6 Å². The molecule has 168 valence electrons. The average molecular weight is 439 g/mol. The van der Waals surface area contributed by atoms with Crippen LogP contribution in [-0.4, -0.2) is 43.7 Å². The molecule has 8 nitrogen and oxygen atoms in total. The third-order valence-electron chi connectivity index (χ3n) is 6.19. The van der Waals surface area contributed by atoms with Gasteiger partial charge in [0, 0.05) is 18.5 Å². The minimum absolute atomic E-state index is 0.138. The molecular formula is C23H27FN6O2. The molecule has 0 aliphatic carbocycles. The van der Waals surface area contributed by atoms with Crippen molar-refractivity contribution < 1.29 is 13.7 Å². The molecule has 0 bridgehead atoms. The van der Waals surface area contributed by atoms with Crippen molar-refractivity contribution in [3.63, 3.8) is 0 Å². The predicted molar refractivity (Wildman–Crippen MR) is 117 cm³/mol. The van der Waals surface area contributed by atoms with Crippen LogP contribution in [0, 0.1) is 5.82 Å². The van der Waals surface area contributed by atoms with E-state index in [1.54, 1.807) is 17.3 Å². The van der Waals surface area contributed by atoms with Crippen LogP contribution in [0.3, 0.4) is 0 Å². The molecule has 0 unspecified atom stereocenters. The highest BCUT2D eigenvalue weighted by atomic mass is 19.1. The summed E-state index contributed by atoms with van der Waals surface area (Å²) in [5.41, 5.74) is 1.37. The number of carbonyl (C=O) groups excluding carboxylic acids is 1. The standard InChI is InChI=1S/C23H27FN6O2/c1-22(2,3)20-26-19(27-32-20)17-18-23(4,5)30(21(31)28-10-6-7-11-28)16-12-14(24)8-9-15(16)29(18)13-25-17/h8-9,12-13H,6-7,10-11H2,1-5H3. The van der Waals surface area contributed by atoms with E-state index in [1.807, 2.05) is 44.1 Å². The van der Waals surface area contributed by atoms with Crippen LogP contribution in [0.5, 0.6) is 0 Å². The van der Waals surface area contributed by atoms with Crippen molar-refractivity contribution in [1.82, 2.24) is 24.6 Å². The first-order valence-electron chi connectivity index (χ1n) is 10.9. The summed E-state index contributed by atoms with van der Waals surface area (Å²) < 4.78 is 21.7. The van der Waals surface area contributed by atoms with Crippen molar-refractivity contribution in [2.45, 2.75) is 58.4 Å². The fourth-order valence-electron chi connectivity index (χ4n) is 4.58. The van der Waals surface area contributed by atoms with E-state index in [0.717, 1.165) is 18.5 Å². The number of anilines is 1. The second-order valence-corrected chi connectivity index (χ2v) is 9.99. The molecule has 4 heterocycles. The quantitative estimate of drug-likeness (QED) is 0.553. The summed E-state index contributed by atoms with van der Waals surface area (Å²) >= 11 is 0. The number of benzene rings is 1. The Balaban J connectivity index is 1.70. The molecule has 2 aliphatic rings. The maximum Gasteiger partial charge on any atom is 0.325 e. The van der Waals surface area contributed by atoms with Gasteiger partial charge in [0.15, 0.2) is 0 Å². The highest BCUT2D eigenvalue weighted by molar-refractivity contribution is 5.97. The van der Waals surface area contributed by atoms with Gasteiger partial charge < -0.3 is 9.42 Å². The molecule has 0 atom stereocenters. The van der Waals surface area contributed by atoms with Crippen LogP contribution in [0.4, 0.5) is 14.9 Å². The minimum atomic E-state index is -0.838. The zero-order valence-electron chi connectivity index (χ0n) is 19.0. The molecule has 0 N–H and O–H groups in total. The topological polar surface area (TPSA) is 80.3 Å². The van der Waals surface area contributed by atoms with E-state index in [2.05, 4.69) is 15.1 Å². The van der Waals surface area contributed by atoms with Crippen LogP contribution in [-0.2, 0) is 11.0 Å². The molecule has 5 rings (SSSR count). The summed E-state index contributed by atoms with van der Waals surface area (Å²) in [5.74, 6) is 0.488. The first kappa shape index (κ1) is 20.7. The number of hydrogen-bond donors (Lipinski definition) is 0. The summed E-state index contributed by atoms with van der Waals surface area (Å²) in [4.78, 5) is 26.4. The largest absolute Gasteiger partial charge is 0.338 e. The molecule has 2 aliphatic heterocycles. The second kappa shape index (κ2) is 6.88. The maximum absolute atomic E-state index is 14.3. The summed E-state index contributed by atoms with van der Waals surface area (Å²) in [5, 5.41) is 4.18. The molecule has 9 heteroatoms. The number of likely N-dealkylation sites (tertiary alicyclic amines) is 1. The van der Waals surface area contributed by atoms with Crippen LogP contribution in [0.15, 0.2) is 29.0 Å². The summed E-state index contributed by atoms with van der Waals surface area (Å²) in [6.45, 7) is 11.3. The Bertz CT molecular complexity index is 1200. The molecule has 32 heavy (non-hydrogen) atoms. The van der Waals surface area contributed by atoms with E-state index in [0.29, 0.717) is 41.9 Å². The first-order valence-corrected chi connectivity index (χ1v) is 10.9. The van der Waals surface area contributed by atoms with Gasteiger partial charge in [-0.15, -0.1) is 0 Å². The van der Waals surface area contributed by atoms with Crippen molar-refractivity contribution in [2.75, 3.05) is 18.0 Å². The summed E-state index contributed by atoms with van der Waals surface area (Å²) in [7, 11) is 0. The molecule has 2 amide bonds. The molecule has 1 saturated heterocycles. The molecule has 0 spiro atoms. The monoisotopic (exact) mass is 438 g/mol. The summed E-state index contributed by atoms with van der Waals surface area (Å²) in [6.07, 6.45) is 3.61. The van der Waals surface area contributed by atoms with Crippen molar-refractivity contribution >= 4 is 11.7 Å². The van der Waals surface area contributed by atoms with Gasteiger partial charge in [-0.25, -0.2) is 14.2 Å². The lowest BCUT2D eigenvalue weighted by molar-refractivity contribution is 0.207. The van der Waals surface area contributed by atoms with Crippen molar-refractivity contribution in [3.8, 4) is 17.2 Å². The third-order valence-corrected chi connectivity index (χ3v) is 6.19. The van der Waals surface area contributed by atoms with E-state index in [1.165, 1.54) is 12.1 Å². The van der Waals surface area contributed by atoms with Crippen LogP contribution < -0.4 is 4.90 Å². The van der Waals surface area contributed by atoms with Gasteiger partial charge in [0.2, 0.25) is 11.7 Å². The van der Waals surface area contributed by atoms with Gasteiger partial charge in [-0.05, 0) is 44.9 Å². The fraction of sp³-hybridized carbons (Fsp3) is 0.478. The normalized spacial score (nSPS) is 17.4. The van der Waals surface area contributed by atoms with E-state index in [9.17, 15) is 9.18 Å². The lowest BCUT2D eigenvalue weighted by Gasteiger charge is -2.45. The van der Waals surface area contributed by atoms with Gasteiger partial charge >= 0.3 is 6.03 Å². The Labute approximate surface area is 186 Å². The molecule has 0 saturated carbocycles. The maximum atomic E-state index is 14.3. The van der Waals surface area contributed by atoms with Gasteiger partial charge in [-0.2, -0.15) is 4.98 Å². The molecule has 2 aromatic heterocycles. The van der Waals surface area contributed by atoms with Gasteiger partial charge in [0.1, 0.15) is 17.8 Å². The zero-order valence-corrected chi connectivity index (χ0v) is 19.0. The van der Waals surface area contributed by atoms with Gasteiger partial charge in [-0.3, -0.25) is 9.47 Å². The van der Waals surface area contributed by atoms with Crippen molar-refractivity contribution in [3.05, 3.63) is 41.9 Å². The lowest BCUT2D eigenvalue weighted by Crippen LogP contribution is -2.54. The predicted octanol–water partition coefficient (Wildman–Crippen LogP) is 4.63. The third kappa shape index (κ3) is 3.02. The fourth-order valence-corrected chi connectivity index (χ4v) is 4.58. The highest BCUT2D eigenvalue weighted by Crippen LogP contribution is 2.46. The van der Waals surface area contributed by atoms with E-state index < -0.39 is 11.4 Å². The molecular weight excluding hydrogens is 411 g/mol. The minimum Gasteiger partial charge on any atom is -0.338 e. The molecule has 3 aromatic rings. The number of aromatic nitrogens is 4. The van der Waals surface area contributed by atoms with E-state index >= 15 is 0 Å². The Hall–Kier alpha value is -3.23. The van der Waals surface area contributed by atoms with Crippen LogP contribution in [0.2, 0.25) is 0 Å². The number of urea groups is 1. The van der Waals surface area contributed by atoms with Gasteiger partial charge in [-0.1, -0.05) is 25.9 Å². The first-order chi connectivity index (χ1) is 15.1. The number of carbonyl (C=O) groups is 1. The van der Waals surface area contributed by atoms with Crippen molar-refractivity contribution in [1.29, 1.82) is 0 Å². The van der Waals surface area contributed by atoms with E-state index in [-0.39, 0.29) is 11.4 Å².